The van der Waals surface area contributed by atoms with E-state index in [1.807, 2.05) is 6.07 Å². The number of carbonyl (C=O) groups excluding carboxylic acids is 1. The van der Waals surface area contributed by atoms with Crippen molar-refractivity contribution in [2.45, 2.75) is 13.1 Å². The largest absolute Gasteiger partial charge is 0.493 e. The quantitative estimate of drug-likeness (QED) is 0.772. The van der Waals surface area contributed by atoms with Gasteiger partial charge in [0.25, 0.3) is 5.91 Å². The molecule has 2 rings (SSSR count). The van der Waals surface area contributed by atoms with E-state index < -0.39 is 0 Å². The van der Waals surface area contributed by atoms with Crippen LogP contribution in [-0.4, -0.2) is 20.1 Å². The summed E-state index contributed by atoms with van der Waals surface area (Å²) in [6.45, 7) is 0.595. The molecule has 0 aliphatic rings. The van der Waals surface area contributed by atoms with Crippen molar-refractivity contribution in [2.24, 2.45) is 5.73 Å². The zero-order chi connectivity index (χ0) is 16.1. The Morgan fingerprint density at radius 1 is 1.26 bits per heavy atom. The van der Waals surface area contributed by atoms with Gasteiger partial charge in [0, 0.05) is 11.0 Å². The van der Waals surface area contributed by atoms with Crippen LogP contribution in [0.2, 0.25) is 0 Å². The molecule has 1 heterocycles. The monoisotopic (exact) mass is 404 g/mol. The van der Waals surface area contributed by atoms with Crippen molar-refractivity contribution in [3.63, 3.8) is 0 Å². The summed E-state index contributed by atoms with van der Waals surface area (Å²) in [6.07, 6.45) is 1.39. The molecule has 0 saturated carbocycles. The normalized spacial score (nSPS) is 9.91. The maximum absolute atomic E-state index is 12.1. The summed E-state index contributed by atoms with van der Waals surface area (Å²) < 4.78 is 16.4. The van der Waals surface area contributed by atoms with E-state index in [2.05, 4.69) is 21.2 Å². The summed E-state index contributed by atoms with van der Waals surface area (Å²) in [6, 6.07) is 5.23. The van der Waals surface area contributed by atoms with Crippen LogP contribution in [0.5, 0.6) is 11.5 Å². The number of halogens is 2. The molecule has 8 heteroatoms. The summed E-state index contributed by atoms with van der Waals surface area (Å²) in [5, 5.41) is 2.82. The van der Waals surface area contributed by atoms with Crippen molar-refractivity contribution >= 4 is 34.2 Å². The highest BCUT2D eigenvalue weighted by Gasteiger charge is 2.13. The van der Waals surface area contributed by atoms with Crippen LogP contribution in [0.1, 0.15) is 21.7 Å². The number of nitrogens with one attached hydrogen (secondary N) is 1. The highest BCUT2D eigenvalue weighted by Crippen LogP contribution is 2.33. The van der Waals surface area contributed by atoms with Gasteiger partial charge in [-0.2, -0.15) is 0 Å². The first-order chi connectivity index (χ1) is 10.6. The predicted octanol–water partition coefficient (Wildman–Crippen LogP) is 2.87. The molecule has 0 aliphatic carbocycles. The summed E-state index contributed by atoms with van der Waals surface area (Å²) in [5.74, 6) is 1.55. The molecule has 0 saturated heterocycles. The number of benzene rings is 1. The first-order valence-corrected chi connectivity index (χ1v) is 7.34. The van der Waals surface area contributed by atoms with E-state index in [1.165, 1.54) is 6.26 Å². The Morgan fingerprint density at radius 3 is 2.48 bits per heavy atom. The minimum Gasteiger partial charge on any atom is -0.493 e. The van der Waals surface area contributed by atoms with Crippen LogP contribution in [0, 0.1) is 0 Å². The molecule has 0 unspecified atom stereocenters. The molecule has 0 aliphatic heterocycles. The van der Waals surface area contributed by atoms with Gasteiger partial charge in [-0.05, 0) is 23.8 Å². The van der Waals surface area contributed by atoms with Gasteiger partial charge >= 0.3 is 0 Å². The maximum atomic E-state index is 12.1. The highest BCUT2D eigenvalue weighted by molar-refractivity contribution is 9.10. The van der Waals surface area contributed by atoms with E-state index in [4.69, 9.17) is 19.6 Å². The van der Waals surface area contributed by atoms with Gasteiger partial charge in [-0.1, -0.05) is 15.9 Å². The van der Waals surface area contributed by atoms with Gasteiger partial charge in [0.15, 0.2) is 11.5 Å². The molecule has 0 radical (unpaired) electrons. The molecule has 23 heavy (non-hydrogen) atoms. The SMILES string of the molecule is COc1cc(Br)c(CNC(=O)c2coc(CN)c2)cc1OC.Cl. The second kappa shape index (κ2) is 8.81. The Labute approximate surface area is 148 Å². The summed E-state index contributed by atoms with van der Waals surface area (Å²) in [7, 11) is 3.13. The third-order valence-electron chi connectivity index (χ3n) is 3.11. The van der Waals surface area contributed by atoms with Crippen LogP contribution in [0.3, 0.4) is 0 Å². The van der Waals surface area contributed by atoms with Crippen LogP contribution < -0.4 is 20.5 Å². The molecule has 1 aromatic heterocycles. The lowest BCUT2D eigenvalue weighted by atomic mass is 10.2. The second-order valence-corrected chi connectivity index (χ2v) is 5.34. The summed E-state index contributed by atoms with van der Waals surface area (Å²) >= 11 is 3.45. The van der Waals surface area contributed by atoms with Crippen LogP contribution >= 0.6 is 28.3 Å². The molecule has 0 bridgehead atoms. The molecular weight excluding hydrogens is 388 g/mol. The van der Waals surface area contributed by atoms with E-state index >= 15 is 0 Å². The molecule has 1 amide bonds. The van der Waals surface area contributed by atoms with Gasteiger partial charge in [-0.25, -0.2) is 0 Å². The molecule has 6 nitrogen and oxygen atoms in total. The van der Waals surface area contributed by atoms with Gasteiger partial charge < -0.3 is 24.9 Å². The van der Waals surface area contributed by atoms with E-state index in [0.29, 0.717) is 29.4 Å². The summed E-state index contributed by atoms with van der Waals surface area (Å²) in [4.78, 5) is 12.1. The van der Waals surface area contributed by atoms with Crippen molar-refractivity contribution in [1.82, 2.24) is 5.32 Å². The number of furan rings is 1. The van der Waals surface area contributed by atoms with Crippen molar-refractivity contribution in [3.05, 3.63) is 45.8 Å². The predicted molar refractivity (Wildman–Crippen MR) is 92.3 cm³/mol. The number of ether oxygens (including phenoxy) is 2. The zero-order valence-corrected chi connectivity index (χ0v) is 15.1. The van der Waals surface area contributed by atoms with E-state index in [1.54, 1.807) is 26.4 Å². The van der Waals surface area contributed by atoms with Crippen LogP contribution in [-0.2, 0) is 13.1 Å². The minimum atomic E-state index is -0.231. The van der Waals surface area contributed by atoms with Crippen molar-refractivity contribution < 1.29 is 18.7 Å². The average Bonchev–Trinajstić information content (AvgIpc) is 3.02. The maximum Gasteiger partial charge on any atom is 0.254 e. The van der Waals surface area contributed by atoms with Gasteiger partial charge in [0.1, 0.15) is 12.0 Å². The van der Waals surface area contributed by atoms with E-state index in [0.717, 1.165) is 10.0 Å². The fraction of sp³-hybridized carbons (Fsp3) is 0.267. The van der Waals surface area contributed by atoms with Crippen molar-refractivity contribution in [2.75, 3.05) is 14.2 Å². The molecule has 0 atom stereocenters. The average molecular weight is 406 g/mol. The fourth-order valence-electron chi connectivity index (χ4n) is 1.92. The van der Waals surface area contributed by atoms with Gasteiger partial charge in [0.05, 0.1) is 26.3 Å². The molecule has 2 aromatic rings. The Balaban J connectivity index is 0.00000264. The van der Waals surface area contributed by atoms with E-state index in [-0.39, 0.29) is 24.9 Å². The third kappa shape index (κ3) is 4.63. The van der Waals surface area contributed by atoms with Crippen molar-refractivity contribution in [3.8, 4) is 11.5 Å². The number of rotatable bonds is 6. The molecule has 0 spiro atoms. The first-order valence-electron chi connectivity index (χ1n) is 6.55. The van der Waals surface area contributed by atoms with E-state index in [9.17, 15) is 4.79 Å². The lowest BCUT2D eigenvalue weighted by molar-refractivity contribution is 0.0950. The van der Waals surface area contributed by atoms with Gasteiger partial charge in [-0.3, -0.25) is 4.79 Å². The molecule has 126 valence electrons. The molecular formula is C15H18BrClN2O4. The molecule has 1 aromatic carbocycles. The Morgan fingerprint density at radius 2 is 1.91 bits per heavy atom. The molecule has 0 fully saturated rings. The third-order valence-corrected chi connectivity index (χ3v) is 3.85. The smallest absolute Gasteiger partial charge is 0.254 e. The number of hydrogen-bond donors (Lipinski definition) is 2. The molecule has 3 N–H and O–H groups in total. The Bertz CT molecular complexity index is 675. The fourth-order valence-corrected chi connectivity index (χ4v) is 2.38. The second-order valence-electron chi connectivity index (χ2n) is 4.49. The number of nitrogens with two attached hydrogens (primary N) is 1. The van der Waals surface area contributed by atoms with Crippen molar-refractivity contribution in [1.29, 1.82) is 0 Å². The number of hydrogen-bond acceptors (Lipinski definition) is 5. The number of amides is 1. The minimum absolute atomic E-state index is 0. The van der Waals surface area contributed by atoms with Crippen LogP contribution in [0.4, 0.5) is 0 Å². The highest BCUT2D eigenvalue weighted by atomic mass is 79.9. The Kier molecular flexibility index (Phi) is 7.41. The van der Waals surface area contributed by atoms with Crippen LogP contribution in [0.15, 0.2) is 33.4 Å². The topological polar surface area (TPSA) is 86.7 Å². The van der Waals surface area contributed by atoms with Crippen LogP contribution in [0.25, 0.3) is 0 Å². The summed E-state index contributed by atoms with van der Waals surface area (Å²) in [5.41, 5.74) is 6.76. The Hall–Kier alpha value is -1.70. The number of carbonyl (C=O) groups is 1. The lowest BCUT2D eigenvalue weighted by Crippen LogP contribution is -2.22. The lowest BCUT2D eigenvalue weighted by Gasteiger charge is -2.12. The number of methoxy groups -OCH3 is 2. The standard InChI is InChI=1S/C15H17BrN2O4.ClH/c1-20-13-4-9(12(16)5-14(13)21-2)7-18-15(19)10-3-11(6-17)22-8-10;/h3-5,8H,6-7,17H2,1-2H3,(H,18,19);1H. The zero-order valence-electron chi connectivity index (χ0n) is 12.7. The van der Waals surface area contributed by atoms with Gasteiger partial charge in [-0.15, -0.1) is 12.4 Å². The first kappa shape index (κ1) is 19.3. The van der Waals surface area contributed by atoms with Gasteiger partial charge in [0.2, 0.25) is 0 Å².